The molecule has 625 valence electrons. The zero-order valence-corrected chi connectivity index (χ0v) is 85.6. The fraction of sp³-hybridized carbons (Fsp3) is 0.0400. The minimum absolute atomic E-state index is 0. The van der Waals surface area contributed by atoms with Crippen LogP contribution in [0.3, 0.4) is 0 Å². The van der Waals surface area contributed by atoms with Gasteiger partial charge in [0.1, 0.15) is 11.2 Å². The third-order valence-electron chi connectivity index (χ3n) is 20.4. The summed E-state index contributed by atoms with van der Waals surface area (Å²) in [6, 6.07) is 121. The number of H-pyrrole nitrogens is 4. The molecule has 27 heteroatoms. The molecule has 21 rings (SSSR count). The van der Waals surface area contributed by atoms with Gasteiger partial charge >= 0.3 is 181 Å². The molecular weight excluding hydrogens is 1940 g/mol. The Bertz CT molecular complexity index is 7060. The molecule has 0 bridgehead atoms. The number of aromatic nitrogens is 4. The average Bonchev–Trinajstić information content (AvgIpc) is 1.77. The number of hydrogen-bond acceptors (Lipinski definition) is 10. The van der Waals surface area contributed by atoms with Crippen molar-refractivity contribution in [1.29, 1.82) is 0 Å². The van der Waals surface area contributed by atoms with Crippen LogP contribution in [-0.2, 0) is 52.3 Å². The quantitative estimate of drug-likeness (QED) is 0.0267. The Balaban J connectivity index is 0.000000159. The van der Waals surface area contributed by atoms with Gasteiger partial charge in [-0.05, 0) is 232 Å². The van der Waals surface area contributed by atoms with Gasteiger partial charge in [0.2, 0.25) is 0 Å². The first-order chi connectivity index (χ1) is 60.6. The molecule has 21 aromatic rings. The molecule has 0 spiro atoms. The van der Waals surface area contributed by atoms with Crippen LogP contribution in [0.4, 0.5) is 13.2 Å². The zero-order valence-electron chi connectivity index (χ0n) is 69.4. The summed E-state index contributed by atoms with van der Waals surface area (Å²) in [4.78, 5) is 22.3. The van der Waals surface area contributed by atoms with Crippen LogP contribution in [0.5, 0.6) is 0 Å². The van der Waals surface area contributed by atoms with E-state index >= 15 is 0 Å². The van der Waals surface area contributed by atoms with Gasteiger partial charge in [0.05, 0.1) is 5.56 Å². The van der Waals surface area contributed by atoms with Crippen LogP contribution in [0.2, 0.25) is 0 Å². The number of furan rings is 1. The Morgan fingerprint density at radius 1 is 0.394 bits per heavy atom. The van der Waals surface area contributed by atoms with Crippen molar-refractivity contribution in [2.45, 2.75) is 26.9 Å². The molecule has 6 N–H and O–H groups in total. The average molecular weight is 2020 g/mol. The van der Waals surface area contributed by atoms with Gasteiger partial charge in [0.15, 0.2) is 0 Å². The zero-order chi connectivity index (χ0) is 88.7. The molecule has 16 aromatic carbocycles. The topological polar surface area (TPSA) is 219 Å². The molecule has 0 aliphatic carbocycles. The molecule has 0 amide bonds. The monoisotopic (exact) mass is 2020 g/mol. The summed E-state index contributed by atoms with van der Waals surface area (Å²) < 4.78 is 67.9. The van der Waals surface area contributed by atoms with Crippen LogP contribution >= 0.6 is 52.9 Å². The summed E-state index contributed by atoms with van der Waals surface area (Å²) in [6.45, 7) is 6.40. The van der Waals surface area contributed by atoms with Gasteiger partial charge in [-0.2, -0.15) is 13.2 Å². The number of aromatic amines is 4. The van der Waals surface area contributed by atoms with Crippen molar-refractivity contribution in [2.24, 2.45) is 4.30 Å². The van der Waals surface area contributed by atoms with Gasteiger partial charge in [0.25, 0.3) is 0 Å². The van der Waals surface area contributed by atoms with Gasteiger partial charge in [-0.15, -0.1) is 0 Å². The predicted octanol–water partition coefficient (Wildman–Crippen LogP) is 22.6. The summed E-state index contributed by atoms with van der Waals surface area (Å²) in [5, 5.41) is 37.2. The molecular formula is C100H75B2Br2Cu2F3K3N5O8PS. The second-order valence-electron chi connectivity index (χ2n) is 28.6. The maximum absolute atomic E-state index is 12.6. The number of thiol groups is 1. The number of halogens is 5. The van der Waals surface area contributed by atoms with Crippen molar-refractivity contribution in [2.75, 3.05) is 0 Å². The van der Waals surface area contributed by atoms with Gasteiger partial charge < -0.3 is 44.6 Å². The van der Waals surface area contributed by atoms with E-state index in [4.69, 9.17) is 33.0 Å². The molecule has 1 unspecified atom stereocenters. The number of benzene rings is 16. The number of aryl methyl sites for hydroxylation is 3. The summed E-state index contributed by atoms with van der Waals surface area (Å²) in [5.74, 6) is 0. The number of nitrogens with one attached hydrogen (secondary N) is 4. The van der Waals surface area contributed by atoms with E-state index in [0.29, 0.717) is 10.8 Å². The standard InChI is InChI=1S/C30H19BrO.2C19H15N.C13H10BrN.C13H8F3N.C6H7BO2.BHNS.2Cu.3K.HO4P.O/c31-26-13-15-30-28(19-26)27-18-25(12-14-29(27)32-30)24-11-5-10-23(17-24)22-9-4-8-21(16-22)20-6-2-1-3-7-20;2*1-13-7-9-18-16(11-13)17-12-15(8-10-19(17)20-18)14-5-3-2-4-6-14;1-8-2-4-12-10(6-8)11-7-9(14)3-5-13(11)15-12;14-13(15,16)8-5-6-12-10(7-8)9-3-1-2-4-11(9)17-12;8-7(9)6-4-2-1-3-5-6;1-2-3;;;;;;1-4-5(2)3;/h1-19H;2*2-12,20H,1H3;2-7,15H,1H3;1-7,17H;1-5,8-9H;3H;;;;;;1H;/q;;;;;;;;;;;+1;;/p-1. The number of rotatable bonds is 7. The summed E-state index contributed by atoms with van der Waals surface area (Å²) >= 11 is 15.7. The molecule has 127 heavy (non-hydrogen) atoms. The second kappa shape index (κ2) is 50.2. The Morgan fingerprint density at radius 2 is 0.661 bits per heavy atom. The number of hydrogen-bond donors (Lipinski definition) is 7. The third kappa shape index (κ3) is 27.2. The Morgan fingerprint density at radius 3 is 1.06 bits per heavy atom. The minimum atomic E-state index is -4.30. The molecule has 2 radical (unpaired) electrons. The first-order valence-corrected chi connectivity index (χ1v) is 58.9. The second-order valence-corrected chi connectivity index (χ2v) is 31.2. The van der Waals surface area contributed by atoms with E-state index in [-0.39, 0.29) is 68.5 Å². The van der Waals surface area contributed by atoms with E-state index in [1.807, 2.05) is 42.5 Å². The number of nitrogens with zero attached hydrogens (tertiary/aromatic N) is 1. The third-order valence-corrected chi connectivity index (χ3v) is 21.5. The fourth-order valence-electron chi connectivity index (χ4n) is 14.6. The summed E-state index contributed by atoms with van der Waals surface area (Å²) in [6.07, 6.45) is -4.30. The first kappa shape index (κ1) is 102. The van der Waals surface area contributed by atoms with Crippen molar-refractivity contribution >= 4 is 245 Å². The molecule has 0 fully saturated rings. The molecule has 0 saturated carbocycles. The Hall–Kier alpha value is -6.80. The van der Waals surface area contributed by atoms with Gasteiger partial charge in [-0.3, -0.25) is 0 Å². The molecule has 5 aromatic heterocycles. The van der Waals surface area contributed by atoms with Crippen LogP contribution in [0.25, 0.3) is 165 Å². The van der Waals surface area contributed by atoms with Crippen molar-refractivity contribution in [3.05, 3.63) is 389 Å². The van der Waals surface area contributed by atoms with Crippen LogP contribution in [0.1, 0.15) is 22.3 Å². The number of alkyl halides is 3. The van der Waals surface area contributed by atoms with Crippen molar-refractivity contribution in [3.8, 4) is 55.6 Å². The van der Waals surface area contributed by atoms with Crippen molar-refractivity contribution in [3.63, 3.8) is 0 Å². The van der Waals surface area contributed by atoms with Crippen LogP contribution in [0, 0.1) is 20.8 Å². The number of para-hydroxylation sites is 1. The first-order valence-electron chi connectivity index (χ1n) is 39.5. The predicted molar refractivity (Wildman–Crippen MR) is 513 cm³/mol. The van der Waals surface area contributed by atoms with Crippen LogP contribution < -0.4 is 67.0 Å². The van der Waals surface area contributed by atoms with Gasteiger partial charge in [0, 0.05) is 124 Å². The molecule has 0 saturated heterocycles. The van der Waals surface area contributed by atoms with Gasteiger partial charge in [-0.1, -0.05) is 261 Å². The Kier molecular flexibility index (Phi) is 40.4. The molecule has 0 aliphatic heterocycles. The Labute approximate surface area is 863 Å². The molecule has 13 nitrogen and oxygen atoms in total. The number of fused-ring (bicyclic) bond motifs is 15. The maximum atomic E-state index is 12.6. The molecule has 1 atom stereocenters. The summed E-state index contributed by atoms with van der Waals surface area (Å²) in [5.41, 5.74) is 26.7. The van der Waals surface area contributed by atoms with E-state index in [2.05, 4.69) is 391 Å². The normalized spacial score (nSPS) is 10.7. The van der Waals surface area contributed by atoms with E-state index in [1.54, 1.807) is 24.3 Å². The van der Waals surface area contributed by atoms with E-state index in [1.165, 1.54) is 213 Å². The van der Waals surface area contributed by atoms with Crippen molar-refractivity contribution < 1.29 is 135 Å². The van der Waals surface area contributed by atoms with E-state index in [0.717, 1.165) is 53.4 Å². The molecule has 5 heterocycles. The van der Waals surface area contributed by atoms with Crippen LogP contribution in [0.15, 0.2) is 376 Å². The van der Waals surface area contributed by atoms with Gasteiger partial charge in [-0.25, -0.2) is 4.67 Å². The van der Waals surface area contributed by atoms with E-state index in [9.17, 15) is 13.2 Å². The van der Waals surface area contributed by atoms with Crippen molar-refractivity contribution in [1.82, 2.24) is 19.9 Å². The fourth-order valence-corrected chi connectivity index (χ4v) is 15.3. The summed E-state index contributed by atoms with van der Waals surface area (Å²) in [7, 11) is -0.159. The van der Waals surface area contributed by atoms with Crippen LogP contribution in [-0.4, -0.2) is 108 Å². The molecule has 0 aliphatic rings. The van der Waals surface area contributed by atoms with E-state index < -0.39 is 27.1 Å². The SMILES string of the molecule is Brc1ccc2oc3ccc(-c4cccc(-c5cccc(-c6ccccc6)c5)c4)cc3c2c1.Cc1ccc2[nH]c3ccc(-c4ccccc4)cc3c2c1.Cc1ccc2[nH]c3ccc(-c4ccccc4)cc3c2c1.Cc1ccc2[nH]c3ccc(Br)cc3c2c1.FC(F)(F)c1ccc2[nH]c3ccccc3c2c1.O=[P+]([O-])O[O-].OB(O)c1ccccc1.[B]=NS.[Cu].[K+].[K][K].[O]=[Cu].